The lowest BCUT2D eigenvalue weighted by atomic mass is 10.0. The van der Waals surface area contributed by atoms with Gasteiger partial charge in [-0.3, -0.25) is 4.79 Å². The summed E-state index contributed by atoms with van der Waals surface area (Å²) in [5.74, 6) is 0.382. The number of nitrogens with one attached hydrogen (secondary N) is 1. The molecule has 124 valence electrons. The second kappa shape index (κ2) is 6.28. The molecule has 4 aromatic rings. The molecular weight excluding hydrogens is 316 g/mol. The number of anilines is 1. The zero-order valence-corrected chi connectivity index (χ0v) is 13.7. The Morgan fingerprint density at radius 1 is 1.16 bits per heavy atom. The molecule has 0 unspecified atom stereocenters. The second-order valence-corrected chi connectivity index (χ2v) is 5.73. The fourth-order valence-electron chi connectivity index (χ4n) is 2.96. The average molecular weight is 332 g/mol. The second-order valence-electron chi connectivity index (χ2n) is 5.73. The van der Waals surface area contributed by atoms with Gasteiger partial charge in [0.2, 0.25) is 11.8 Å². The molecule has 5 nitrogen and oxygen atoms in total. The van der Waals surface area contributed by atoms with Crippen LogP contribution in [0.3, 0.4) is 0 Å². The highest BCUT2D eigenvalue weighted by atomic mass is 16.5. The van der Waals surface area contributed by atoms with Gasteiger partial charge in [-0.1, -0.05) is 30.3 Å². The fourth-order valence-corrected chi connectivity index (χ4v) is 2.96. The minimum absolute atomic E-state index is 0.123. The van der Waals surface area contributed by atoms with Gasteiger partial charge in [0.15, 0.2) is 0 Å². The number of rotatable bonds is 4. The molecule has 1 amide bonds. The van der Waals surface area contributed by atoms with Gasteiger partial charge >= 0.3 is 0 Å². The highest BCUT2D eigenvalue weighted by Crippen LogP contribution is 2.30. The molecule has 0 aliphatic heterocycles. The normalized spacial score (nSPS) is 10.9. The van der Waals surface area contributed by atoms with Crippen LogP contribution in [0.25, 0.3) is 21.7 Å². The van der Waals surface area contributed by atoms with E-state index in [2.05, 4.69) is 16.4 Å². The zero-order valence-electron chi connectivity index (χ0n) is 13.7. The Balaban J connectivity index is 1.61. The molecule has 0 bridgehead atoms. The van der Waals surface area contributed by atoms with E-state index in [1.54, 1.807) is 31.7 Å². The topological polar surface area (TPSA) is 64.4 Å². The average Bonchev–Trinajstić information content (AvgIpc) is 3.05. The smallest absolute Gasteiger partial charge is 0.228 e. The molecule has 0 aliphatic rings. The van der Waals surface area contributed by atoms with Crippen LogP contribution in [-0.4, -0.2) is 18.0 Å². The number of fused-ring (bicyclic) bond motifs is 3. The maximum absolute atomic E-state index is 12.4. The Kier molecular flexibility index (Phi) is 3.82. The molecule has 0 saturated heterocycles. The summed E-state index contributed by atoms with van der Waals surface area (Å²) < 4.78 is 10.6. The molecule has 1 N–H and O–H groups in total. The fraction of sp³-hybridized carbons (Fsp3) is 0.100. The first-order valence-corrected chi connectivity index (χ1v) is 7.92. The van der Waals surface area contributed by atoms with E-state index in [1.807, 2.05) is 30.3 Å². The third kappa shape index (κ3) is 2.92. The lowest BCUT2D eigenvalue weighted by Gasteiger charge is -2.06. The number of methoxy groups -OCH3 is 1. The largest absolute Gasteiger partial charge is 0.481 e. The number of ether oxygens (including phenoxy) is 1. The van der Waals surface area contributed by atoms with Crippen LogP contribution < -0.4 is 10.1 Å². The molecule has 0 saturated carbocycles. The molecule has 2 aromatic carbocycles. The van der Waals surface area contributed by atoms with Gasteiger partial charge in [0, 0.05) is 17.0 Å². The quantitative estimate of drug-likeness (QED) is 0.609. The number of hydrogen-bond donors (Lipinski definition) is 1. The van der Waals surface area contributed by atoms with Crippen LogP contribution in [-0.2, 0) is 11.2 Å². The number of furan rings is 1. The van der Waals surface area contributed by atoms with Crippen LogP contribution in [0.5, 0.6) is 5.88 Å². The van der Waals surface area contributed by atoms with Crippen LogP contribution in [0, 0.1) is 0 Å². The predicted octanol–water partition coefficient (Wildman–Crippen LogP) is 4.17. The SMILES string of the molecule is COc1ccc(NC(=O)Cc2coc3ccc4ccccc4c23)cn1. The van der Waals surface area contributed by atoms with E-state index in [4.69, 9.17) is 9.15 Å². The van der Waals surface area contributed by atoms with Gasteiger partial charge in [-0.2, -0.15) is 0 Å². The summed E-state index contributed by atoms with van der Waals surface area (Å²) in [4.78, 5) is 16.5. The first-order valence-electron chi connectivity index (χ1n) is 7.92. The lowest BCUT2D eigenvalue weighted by molar-refractivity contribution is -0.115. The minimum atomic E-state index is -0.123. The van der Waals surface area contributed by atoms with Crippen molar-refractivity contribution >= 4 is 33.3 Å². The van der Waals surface area contributed by atoms with E-state index in [0.717, 1.165) is 27.3 Å². The van der Waals surface area contributed by atoms with E-state index >= 15 is 0 Å². The molecule has 0 aliphatic carbocycles. The number of hydrogen-bond acceptors (Lipinski definition) is 4. The third-order valence-corrected chi connectivity index (χ3v) is 4.12. The number of aromatic nitrogens is 1. The van der Waals surface area contributed by atoms with Crippen molar-refractivity contribution in [1.82, 2.24) is 4.98 Å². The summed E-state index contributed by atoms with van der Waals surface area (Å²) in [5.41, 5.74) is 2.28. The maximum Gasteiger partial charge on any atom is 0.228 e. The number of nitrogens with zero attached hydrogens (tertiary/aromatic N) is 1. The van der Waals surface area contributed by atoms with Crippen LogP contribution >= 0.6 is 0 Å². The molecule has 4 rings (SSSR count). The van der Waals surface area contributed by atoms with Gasteiger partial charge in [0.05, 0.1) is 31.7 Å². The van der Waals surface area contributed by atoms with Crippen molar-refractivity contribution in [3.63, 3.8) is 0 Å². The predicted molar refractivity (Wildman–Crippen MR) is 96.8 cm³/mol. The van der Waals surface area contributed by atoms with E-state index in [0.29, 0.717) is 11.6 Å². The molecule has 2 aromatic heterocycles. The van der Waals surface area contributed by atoms with Crippen LogP contribution in [0.4, 0.5) is 5.69 Å². The van der Waals surface area contributed by atoms with Gasteiger partial charge in [0.25, 0.3) is 0 Å². The lowest BCUT2D eigenvalue weighted by Crippen LogP contribution is -2.14. The van der Waals surface area contributed by atoms with Crippen LogP contribution in [0.15, 0.2) is 65.4 Å². The highest BCUT2D eigenvalue weighted by molar-refractivity contribution is 6.09. The molecule has 0 fully saturated rings. The monoisotopic (exact) mass is 332 g/mol. The number of pyridine rings is 1. The summed E-state index contributed by atoms with van der Waals surface area (Å²) in [7, 11) is 1.55. The van der Waals surface area contributed by atoms with E-state index in [9.17, 15) is 4.79 Å². The molecule has 25 heavy (non-hydrogen) atoms. The minimum Gasteiger partial charge on any atom is -0.481 e. The van der Waals surface area contributed by atoms with Crippen LogP contribution in [0.2, 0.25) is 0 Å². The molecule has 2 heterocycles. The zero-order chi connectivity index (χ0) is 17.2. The van der Waals surface area contributed by atoms with Crippen molar-refractivity contribution in [2.75, 3.05) is 12.4 Å². The van der Waals surface area contributed by atoms with E-state index < -0.39 is 0 Å². The summed E-state index contributed by atoms with van der Waals surface area (Å²) in [6, 6.07) is 15.5. The summed E-state index contributed by atoms with van der Waals surface area (Å²) in [6.07, 6.45) is 3.45. The molecule has 5 heteroatoms. The standard InChI is InChI=1S/C20H16N2O3/c1-24-19-9-7-15(11-21-19)22-18(23)10-14-12-25-17-8-6-13-4-2-3-5-16(13)20(14)17/h2-9,11-12H,10H2,1H3,(H,22,23). The highest BCUT2D eigenvalue weighted by Gasteiger charge is 2.13. The maximum atomic E-state index is 12.4. The van der Waals surface area contributed by atoms with Gasteiger partial charge in [-0.15, -0.1) is 0 Å². The molecule has 0 spiro atoms. The van der Waals surface area contributed by atoms with E-state index in [-0.39, 0.29) is 12.3 Å². The van der Waals surface area contributed by atoms with Gasteiger partial charge in [-0.25, -0.2) is 4.98 Å². The number of carbonyl (C=O) groups is 1. The third-order valence-electron chi connectivity index (χ3n) is 4.12. The first kappa shape index (κ1) is 15.2. The van der Waals surface area contributed by atoms with Crippen molar-refractivity contribution in [3.05, 3.63) is 66.6 Å². The number of carbonyl (C=O) groups excluding carboxylic acids is 1. The van der Waals surface area contributed by atoms with Crippen molar-refractivity contribution in [2.24, 2.45) is 0 Å². The van der Waals surface area contributed by atoms with Crippen molar-refractivity contribution in [3.8, 4) is 5.88 Å². The number of benzene rings is 2. The van der Waals surface area contributed by atoms with Crippen molar-refractivity contribution in [2.45, 2.75) is 6.42 Å². The Labute approximate surface area is 144 Å². The summed E-state index contributed by atoms with van der Waals surface area (Å²) in [6.45, 7) is 0. The molecular formula is C20H16N2O3. The van der Waals surface area contributed by atoms with Gasteiger partial charge < -0.3 is 14.5 Å². The number of amides is 1. The van der Waals surface area contributed by atoms with Crippen molar-refractivity contribution in [1.29, 1.82) is 0 Å². The van der Waals surface area contributed by atoms with Crippen LogP contribution in [0.1, 0.15) is 5.56 Å². The Hall–Kier alpha value is -3.34. The Morgan fingerprint density at radius 2 is 2.04 bits per heavy atom. The summed E-state index contributed by atoms with van der Waals surface area (Å²) in [5, 5.41) is 6.04. The van der Waals surface area contributed by atoms with Gasteiger partial charge in [0.1, 0.15) is 5.58 Å². The molecule has 0 atom stereocenters. The van der Waals surface area contributed by atoms with Gasteiger partial charge in [-0.05, 0) is 22.9 Å². The first-order chi connectivity index (χ1) is 12.2. The Bertz CT molecular complexity index is 1050. The van der Waals surface area contributed by atoms with E-state index in [1.165, 1.54) is 0 Å². The summed E-state index contributed by atoms with van der Waals surface area (Å²) >= 11 is 0. The van der Waals surface area contributed by atoms with Crippen molar-refractivity contribution < 1.29 is 13.9 Å². The Morgan fingerprint density at radius 3 is 2.84 bits per heavy atom. The molecule has 0 radical (unpaired) electrons.